The van der Waals surface area contributed by atoms with Crippen LogP contribution in [0.15, 0.2) is 54.1 Å². The lowest BCUT2D eigenvalue weighted by atomic mass is 9.51. The molecule has 0 bridgehead atoms. The lowest BCUT2D eigenvalue weighted by molar-refractivity contribution is -0.145. The topological polar surface area (TPSA) is 95.0 Å². The van der Waals surface area contributed by atoms with Crippen LogP contribution in [0.3, 0.4) is 0 Å². The second-order valence-corrected chi connectivity index (χ2v) is 12.9. The van der Waals surface area contributed by atoms with E-state index in [0.717, 1.165) is 22.1 Å². The third-order valence-electron chi connectivity index (χ3n) is 9.33. The fourth-order valence-corrected chi connectivity index (χ4v) is 7.77. The smallest absolute Gasteiger partial charge is 0.241 e. The van der Waals surface area contributed by atoms with Gasteiger partial charge in [-0.2, -0.15) is 0 Å². The summed E-state index contributed by atoms with van der Waals surface area (Å²) in [5, 5.41) is 9.79. The number of carbonyl (C=O) groups excluding carboxylic acids is 4. The number of carbonyl (C=O) groups is 4. The highest BCUT2D eigenvalue weighted by Gasteiger charge is 2.68. The Morgan fingerprint density at radius 2 is 1.65 bits per heavy atom. The van der Waals surface area contributed by atoms with Gasteiger partial charge >= 0.3 is 0 Å². The summed E-state index contributed by atoms with van der Waals surface area (Å²) in [5.74, 6) is -4.88. The second kappa shape index (κ2) is 8.74. The van der Waals surface area contributed by atoms with Crippen LogP contribution in [0.5, 0.6) is 5.75 Å². The molecule has 6 rings (SSSR count). The van der Waals surface area contributed by atoms with Crippen LogP contribution < -0.4 is 4.90 Å². The molecule has 1 N–H and O–H groups in total. The Balaban J connectivity index is 1.51. The van der Waals surface area contributed by atoms with Gasteiger partial charge in [0.25, 0.3) is 0 Å². The number of rotatable bonds is 2. The van der Waals surface area contributed by atoms with Crippen molar-refractivity contribution in [2.75, 3.05) is 4.90 Å². The number of likely N-dealkylation sites (tertiary alicyclic amines) is 1. The van der Waals surface area contributed by atoms with Crippen LogP contribution >= 0.6 is 11.6 Å². The third kappa shape index (κ3) is 3.54. The summed E-state index contributed by atoms with van der Waals surface area (Å²) >= 11 is 6.02. The molecule has 2 aliphatic heterocycles. The number of benzene rings is 2. The van der Waals surface area contributed by atoms with Crippen LogP contribution in [0.2, 0.25) is 5.02 Å². The molecule has 0 unspecified atom stereocenters. The van der Waals surface area contributed by atoms with Crippen molar-refractivity contribution in [2.24, 2.45) is 29.1 Å². The minimum atomic E-state index is -1.22. The Labute approximate surface area is 236 Å². The highest BCUT2D eigenvalue weighted by atomic mass is 35.5. The van der Waals surface area contributed by atoms with E-state index in [1.54, 1.807) is 19.1 Å². The summed E-state index contributed by atoms with van der Waals surface area (Å²) in [6.07, 6.45) is 2.57. The van der Waals surface area contributed by atoms with Crippen LogP contribution in [0, 0.1) is 34.9 Å². The van der Waals surface area contributed by atoms with Gasteiger partial charge in [-0.05, 0) is 82.3 Å². The number of phenols is 1. The number of hydrogen-bond acceptors (Lipinski definition) is 5. The van der Waals surface area contributed by atoms with E-state index in [0.29, 0.717) is 6.42 Å². The molecule has 40 heavy (non-hydrogen) atoms. The van der Waals surface area contributed by atoms with E-state index in [1.165, 1.54) is 29.2 Å². The zero-order chi connectivity index (χ0) is 28.9. The van der Waals surface area contributed by atoms with Gasteiger partial charge in [-0.25, -0.2) is 9.29 Å². The zero-order valence-electron chi connectivity index (χ0n) is 22.7. The van der Waals surface area contributed by atoms with Crippen molar-refractivity contribution in [3.05, 3.63) is 70.5 Å². The molecule has 4 aliphatic rings. The van der Waals surface area contributed by atoms with Gasteiger partial charge in [0.15, 0.2) is 0 Å². The fraction of sp³-hybridized carbons (Fsp3) is 0.419. The highest BCUT2D eigenvalue weighted by Crippen LogP contribution is 2.63. The number of hydrogen-bond donors (Lipinski definition) is 1. The van der Waals surface area contributed by atoms with Crippen LogP contribution in [0.4, 0.5) is 10.1 Å². The number of aromatic hydroxyl groups is 1. The van der Waals surface area contributed by atoms with Gasteiger partial charge in [-0.3, -0.25) is 24.1 Å². The average Bonchev–Trinajstić information content (AvgIpc) is 3.26. The molecule has 0 spiro atoms. The third-order valence-corrected chi connectivity index (χ3v) is 9.62. The van der Waals surface area contributed by atoms with E-state index < -0.39 is 58.2 Å². The van der Waals surface area contributed by atoms with Crippen molar-refractivity contribution >= 4 is 40.9 Å². The Morgan fingerprint density at radius 1 is 0.975 bits per heavy atom. The number of imide groups is 2. The van der Waals surface area contributed by atoms with Crippen molar-refractivity contribution in [3.63, 3.8) is 0 Å². The predicted octanol–water partition coefficient (Wildman–Crippen LogP) is 5.21. The summed E-state index contributed by atoms with van der Waals surface area (Å²) in [4.78, 5) is 58.1. The maximum Gasteiger partial charge on any atom is 0.241 e. The molecule has 208 valence electrons. The van der Waals surface area contributed by atoms with Crippen molar-refractivity contribution in [1.82, 2.24) is 4.90 Å². The molecule has 0 radical (unpaired) electrons. The molecule has 7 nitrogen and oxygen atoms in total. The monoisotopic (exact) mass is 564 g/mol. The van der Waals surface area contributed by atoms with E-state index in [4.69, 9.17) is 11.6 Å². The Morgan fingerprint density at radius 3 is 2.27 bits per heavy atom. The molecule has 6 atom stereocenters. The Kier molecular flexibility index (Phi) is 5.83. The van der Waals surface area contributed by atoms with Crippen molar-refractivity contribution in [1.29, 1.82) is 0 Å². The van der Waals surface area contributed by atoms with E-state index in [1.807, 2.05) is 26.8 Å². The van der Waals surface area contributed by atoms with Crippen molar-refractivity contribution in [2.45, 2.75) is 52.0 Å². The van der Waals surface area contributed by atoms with Gasteiger partial charge in [-0.1, -0.05) is 35.4 Å². The van der Waals surface area contributed by atoms with E-state index in [9.17, 15) is 28.7 Å². The molecule has 2 aromatic rings. The number of fused-ring (bicyclic) bond motifs is 4. The maximum atomic E-state index is 14.3. The van der Waals surface area contributed by atoms with Crippen molar-refractivity contribution in [3.8, 4) is 5.75 Å². The molecule has 1 saturated carbocycles. The number of phenolic OH excluding ortho intramolecular Hbond substituents is 1. The molecule has 2 aliphatic carbocycles. The number of allylic oxidation sites excluding steroid dienone is 2. The molecule has 0 aromatic heterocycles. The van der Waals surface area contributed by atoms with Crippen LogP contribution in [-0.4, -0.2) is 39.2 Å². The number of halogens is 2. The van der Waals surface area contributed by atoms with Gasteiger partial charge in [0.2, 0.25) is 23.6 Å². The van der Waals surface area contributed by atoms with Gasteiger partial charge in [-0.15, -0.1) is 0 Å². The molecule has 3 fully saturated rings. The largest absolute Gasteiger partial charge is 0.508 e. The van der Waals surface area contributed by atoms with Crippen LogP contribution in [0.1, 0.15) is 52.0 Å². The maximum absolute atomic E-state index is 14.3. The first-order valence-electron chi connectivity index (χ1n) is 13.5. The first-order valence-corrected chi connectivity index (χ1v) is 13.8. The fourth-order valence-electron chi connectivity index (χ4n) is 7.59. The summed E-state index contributed by atoms with van der Waals surface area (Å²) in [6, 6.07) is 10.3. The average molecular weight is 565 g/mol. The summed E-state index contributed by atoms with van der Waals surface area (Å²) < 4.78 is 14.0. The van der Waals surface area contributed by atoms with Gasteiger partial charge in [0, 0.05) is 11.5 Å². The molecule has 2 saturated heterocycles. The number of nitrogens with zero attached hydrogens (tertiary/aromatic N) is 2. The van der Waals surface area contributed by atoms with E-state index in [2.05, 4.69) is 0 Å². The summed E-state index contributed by atoms with van der Waals surface area (Å²) in [7, 11) is 0. The summed E-state index contributed by atoms with van der Waals surface area (Å²) in [6.45, 7) is 7.26. The Bertz CT molecular complexity index is 1510. The van der Waals surface area contributed by atoms with Crippen molar-refractivity contribution < 1.29 is 28.7 Å². The lowest BCUT2D eigenvalue weighted by Gasteiger charge is -2.49. The molecular formula is C31H30ClFN2O5. The second-order valence-electron chi connectivity index (χ2n) is 12.5. The quantitative estimate of drug-likeness (QED) is 0.399. The van der Waals surface area contributed by atoms with Crippen LogP contribution in [0.25, 0.3) is 0 Å². The van der Waals surface area contributed by atoms with Crippen LogP contribution in [-0.2, 0) is 19.2 Å². The minimum absolute atomic E-state index is 0.0595. The first-order chi connectivity index (χ1) is 18.8. The van der Waals surface area contributed by atoms with E-state index in [-0.39, 0.29) is 34.7 Å². The molecule has 9 heteroatoms. The van der Waals surface area contributed by atoms with Gasteiger partial charge < -0.3 is 5.11 Å². The van der Waals surface area contributed by atoms with Gasteiger partial charge in [0.05, 0.1) is 33.9 Å². The summed E-state index contributed by atoms with van der Waals surface area (Å²) in [5.41, 5.74) is -0.142. The predicted molar refractivity (Wildman–Crippen MR) is 146 cm³/mol. The standard InChI is InChI=1S/C31H30ClFN2O5/c1-30(2,3)35-26(37)19-11-10-18-20(24(19)28(35)39)14-21-27(38)34(16-7-12-23(33)22(32)13-16)29(40)31(21,4)25(18)15-5-8-17(36)9-6-15/h5-10,12-13,19-21,24-25,36H,11,14H2,1-4H3/t19-,20+,21-,24-,25-,31+/m0/s1. The van der Waals surface area contributed by atoms with Gasteiger partial charge in [0.1, 0.15) is 11.6 Å². The number of amides is 4. The molecule has 4 amide bonds. The highest BCUT2D eigenvalue weighted by molar-refractivity contribution is 6.31. The molecular weight excluding hydrogens is 535 g/mol. The Hall–Kier alpha value is -3.52. The first kappa shape index (κ1) is 26.7. The minimum Gasteiger partial charge on any atom is -0.508 e. The van der Waals surface area contributed by atoms with E-state index >= 15 is 0 Å². The zero-order valence-corrected chi connectivity index (χ0v) is 23.4. The lowest BCUT2D eigenvalue weighted by Crippen LogP contribution is -2.49. The SMILES string of the molecule is CC(C)(C)N1C(=O)[C@H]2[C@H](CC=C3[C@H]2C[C@H]2C(=O)N(c4ccc(F)c(Cl)c4)C(=O)[C@@]2(C)[C@H]3c2ccc(O)cc2)C1=O. The molecule has 2 aromatic carbocycles. The normalized spacial score (nSPS) is 31.8. The molecule has 2 heterocycles. The number of anilines is 1.